The lowest BCUT2D eigenvalue weighted by Crippen LogP contribution is -2.29. The Balaban J connectivity index is 1.63. The highest BCUT2D eigenvalue weighted by Gasteiger charge is 2.20. The van der Waals surface area contributed by atoms with E-state index in [0.29, 0.717) is 11.6 Å². The number of thiophene rings is 1. The highest BCUT2D eigenvalue weighted by Crippen LogP contribution is 2.36. The molecule has 0 unspecified atom stereocenters. The third kappa shape index (κ3) is 4.22. The van der Waals surface area contributed by atoms with Crippen LogP contribution in [0.5, 0.6) is 0 Å². The van der Waals surface area contributed by atoms with Crippen LogP contribution in [0.2, 0.25) is 5.02 Å². The van der Waals surface area contributed by atoms with Gasteiger partial charge < -0.3 is 19.9 Å². The standard InChI is InChI=1S/C24H22ClN3O3S/c1-3-28-20-8-5-4-7-16(20)18(22(28)21-9-6-12-32-21)14-26-24(30)27-19-13-15(25)10-11-17(19)23(29)31-2/h4-13H,3,14H2,1-2H3,(H2,26,27,30). The molecular weight excluding hydrogens is 446 g/mol. The molecule has 4 aromatic rings. The van der Waals surface area contributed by atoms with Crippen molar-refractivity contribution < 1.29 is 14.3 Å². The van der Waals surface area contributed by atoms with Crippen LogP contribution in [-0.4, -0.2) is 23.7 Å². The lowest BCUT2D eigenvalue weighted by molar-refractivity contribution is 0.0602. The zero-order valence-corrected chi connectivity index (χ0v) is 19.2. The molecule has 6 nitrogen and oxygen atoms in total. The highest BCUT2D eigenvalue weighted by atomic mass is 35.5. The molecule has 0 bridgehead atoms. The Morgan fingerprint density at radius 3 is 2.66 bits per heavy atom. The molecule has 2 amide bonds. The van der Waals surface area contributed by atoms with Crippen LogP contribution in [0.25, 0.3) is 21.5 Å². The Kier molecular flexibility index (Phi) is 6.48. The van der Waals surface area contributed by atoms with Crippen molar-refractivity contribution in [1.82, 2.24) is 9.88 Å². The van der Waals surface area contributed by atoms with Crippen LogP contribution in [0, 0.1) is 0 Å². The number of carbonyl (C=O) groups excluding carboxylic acids is 2. The van der Waals surface area contributed by atoms with Crippen LogP contribution in [0.1, 0.15) is 22.8 Å². The first-order valence-electron chi connectivity index (χ1n) is 10.1. The van der Waals surface area contributed by atoms with Crippen LogP contribution in [0.3, 0.4) is 0 Å². The number of carbonyl (C=O) groups is 2. The van der Waals surface area contributed by atoms with Gasteiger partial charge in [0.1, 0.15) is 0 Å². The van der Waals surface area contributed by atoms with E-state index >= 15 is 0 Å². The number of nitrogens with one attached hydrogen (secondary N) is 2. The zero-order chi connectivity index (χ0) is 22.7. The molecule has 2 N–H and O–H groups in total. The molecule has 2 aromatic heterocycles. The summed E-state index contributed by atoms with van der Waals surface area (Å²) >= 11 is 7.72. The van der Waals surface area contributed by atoms with Crippen molar-refractivity contribution in [3.63, 3.8) is 0 Å². The number of nitrogens with zero attached hydrogens (tertiary/aromatic N) is 1. The number of hydrogen-bond donors (Lipinski definition) is 2. The van der Waals surface area contributed by atoms with Gasteiger partial charge in [-0.15, -0.1) is 11.3 Å². The average molecular weight is 468 g/mol. The minimum atomic E-state index is -0.553. The third-order valence-corrected chi connectivity index (χ3v) is 6.32. The first-order chi connectivity index (χ1) is 15.5. The molecule has 0 spiro atoms. The molecule has 0 fully saturated rings. The lowest BCUT2D eigenvalue weighted by Gasteiger charge is -2.12. The normalized spacial score (nSPS) is 10.8. The number of anilines is 1. The van der Waals surface area contributed by atoms with Gasteiger partial charge in [0.2, 0.25) is 0 Å². The number of amides is 2. The Morgan fingerprint density at radius 1 is 1.12 bits per heavy atom. The molecule has 0 aliphatic rings. The number of methoxy groups -OCH3 is 1. The summed E-state index contributed by atoms with van der Waals surface area (Å²) in [7, 11) is 1.29. The number of ether oxygens (including phenoxy) is 1. The Hall–Kier alpha value is -3.29. The number of benzene rings is 2. The Bertz CT molecular complexity index is 1280. The van der Waals surface area contributed by atoms with Crippen LogP contribution in [0.4, 0.5) is 10.5 Å². The van der Waals surface area contributed by atoms with E-state index in [1.807, 2.05) is 23.6 Å². The van der Waals surface area contributed by atoms with Crippen LogP contribution in [-0.2, 0) is 17.8 Å². The van der Waals surface area contributed by atoms with Gasteiger partial charge in [-0.2, -0.15) is 0 Å². The van der Waals surface area contributed by atoms with Crippen molar-refractivity contribution in [2.75, 3.05) is 12.4 Å². The molecule has 0 radical (unpaired) electrons. The summed E-state index contributed by atoms with van der Waals surface area (Å²) in [6, 6.07) is 16.5. The maximum atomic E-state index is 12.7. The SMILES string of the molecule is CCn1c(-c2cccs2)c(CNC(=O)Nc2cc(Cl)ccc2C(=O)OC)c2ccccc21. The molecule has 0 aliphatic heterocycles. The van der Waals surface area contributed by atoms with E-state index in [4.69, 9.17) is 16.3 Å². The summed E-state index contributed by atoms with van der Waals surface area (Å²) in [5.41, 5.74) is 3.78. The zero-order valence-electron chi connectivity index (χ0n) is 17.6. The molecule has 0 saturated heterocycles. The van der Waals surface area contributed by atoms with Gasteiger partial charge >= 0.3 is 12.0 Å². The van der Waals surface area contributed by atoms with Gasteiger partial charge in [-0.3, -0.25) is 0 Å². The molecule has 4 rings (SSSR count). The minimum absolute atomic E-state index is 0.230. The lowest BCUT2D eigenvalue weighted by atomic mass is 10.1. The summed E-state index contributed by atoms with van der Waals surface area (Å²) in [4.78, 5) is 25.9. The van der Waals surface area contributed by atoms with Gasteiger partial charge in [-0.05, 0) is 42.6 Å². The van der Waals surface area contributed by atoms with E-state index in [9.17, 15) is 9.59 Å². The van der Waals surface area contributed by atoms with Gasteiger partial charge in [0, 0.05) is 34.6 Å². The fourth-order valence-electron chi connectivity index (χ4n) is 3.82. The molecular formula is C24H22ClN3O3S. The molecule has 0 saturated carbocycles. The molecule has 8 heteroatoms. The molecule has 2 aromatic carbocycles. The number of para-hydroxylation sites is 1. The van der Waals surface area contributed by atoms with Gasteiger partial charge in [0.15, 0.2) is 0 Å². The number of hydrogen-bond acceptors (Lipinski definition) is 4. The van der Waals surface area contributed by atoms with Crippen molar-refractivity contribution in [1.29, 1.82) is 0 Å². The number of aromatic nitrogens is 1. The summed E-state index contributed by atoms with van der Waals surface area (Å²) in [5, 5.41) is 9.19. The second kappa shape index (κ2) is 9.46. The van der Waals surface area contributed by atoms with Gasteiger partial charge in [-0.1, -0.05) is 35.9 Å². The molecule has 164 valence electrons. The van der Waals surface area contributed by atoms with Crippen molar-refractivity contribution in [3.05, 3.63) is 76.1 Å². The maximum Gasteiger partial charge on any atom is 0.339 e. The molecule has 0 aliphatic carbocycles. The number of halogens is 1. The Morgan fingerprint density at radius 2 is 1.94 bits per heavy atom. The number of fused-ring (bicyclic) bond motifs is 1. The summed E-state index contributed by atoms with van der Waals surface area (Å²) < 4.78 is 7.06. The monoisotopic (exact) mass is 467 g/mol. The quantitative estimate of drug-likeness (QED) is 0.334. The number of urea groups is 1. The van der Waals surface area contributed by atoms with Crippen LogP contribution < -0.4 is 10.6 Å². The predicted octanol–water partition coefficient (Wildman–Crippen LogP) is 6.15. The number of esters is 1. The van der Waals surface area contributed by atoms with Crippen molar-refractivity contribution >= 4 is 51.5 Å². The summed E-state index contributed by atoms with van der Waals surface area (Å²) in [6.07, 6.45) is 0. The molecule has 32 heavy (non-hydrogen) atoms. The average Bonchev–Trinajstić information content (AvgIpc) is 3.43. The molecule has 0 atom stereocenters. The van der Waals surface area contributed by atoms with E-state index in [2.05, 4.69) is 40.3 Å². The van der Waals surface area contributed by atoms with Crippen molar-refractivity contribution in [2.45, 2.75) is 20.0 Å². The predicted molar refractivity (Wildman–Crippen MR) is 130 cm³/mol. The van der Waals surface area contributed by atoms with E-state index in [-0.39, 0.29) is 11.3 Å². The maximum absolute atomic E-state index is 12.7. The second-order valence-corrected chi connectivity index (χ2v) is 8.44. The summed E-state index contributed by atoms with van der Waals surface area (Å²) in [5.74, 6) is -0.553. The van der Waals surface area contributed by atoms with E-state index in [0.717, 1.165) is 33.6 Å². The highest BCUT2D eigenvalue weighted by molar-refractivity contribution is 7.13. The second-order valence-electron chi connectivity index (χ2n) is 7.06. The topological polar surface area (TPSA) is 72.4 Å². The van der Waals surface area contributed by atoms with Gasteiger partial charge in [0.25, 0.3) is 0 Å². The van der Waals surface area contributed by atoms with E-state index < -0.39 is 12.0 Å². The summed E-state index contributed by atoms with van der Waals surface area (Å²) in [6.45, 7) is 3.24. The van der Waals surface area contributed by atoms with Crippen molar-refractivity contribution in [3.8, 4) is 10.6 Å². The van der Waals surface area contributed by atoms with Crippen molar-refractivity contribution in [2.24, 2.45) is 0 Å². The first kappa shape index (κ1) is 21.9. The number of rotatable bonds is 6. The smallest absolute Gasteiger partial charge is 0.339 e. The largest absolute Gasteiger partial charge is 0.465 e. The first-order valence-corrected chi connectivity index (χ1v) is 11.4. The Labute approximate surface area is 194 Å². The number of aryl methyl sites for hydroxylation is 1. The fourth-order valence-corrected chi connectivity index (χ4v) is 4.80. The third-order valence-electron chi connectivity index (χ3n) is 5.21. The van der Waals surface area contributed by atoms with Crippen LogP contribution >= 0.6 is 22.9 Å². The van der Waals surface area contributed by atoms with Gasteiger partial charge in [0.05, 0.1) is 28.9 Å². The fraction of sp³-hybridized carbons (Fsp3) is 0.167. The van der Waals surface area contributed by atoms with E-state index in [1.165, 1.54) is 19.2 Å². The minimum Gasteiger partial charge on any atom is -0.465 e. The molecule has 2 heterocycles. The van der Waals surface area contributed by atoms with E-state index in [1.54, 1.807) is 17.4 Å². The van der Waals surface area contributed by atoms with Crippen LogP contribution in [0.15, 0.2) is 60.0 Å². The van der Waals surface area contributed by atoms with Gasteiger partial charge in [-0.25, -0.2) is 9.59 Å².